The number of para-hydroxylation sites is 1. The molecule has 6 nitrogen and oxygen atoms in total. The van der Waals surface area contributed by atoms with Gasteiger partial charge in [0.2, 0.25) is 0 Å². The largest absolute Gasteiger partial charge is 0.497 e. The summed E-state index contributed by atoms with van der Waals surface area (Å²) in [5.74, 6) is 0.349. The molecule has 0 aliphatic heterocycles. The lowest BCUT2D eigenvalue weighted by atomic mass is 10.1. The number of ether oxygens (including phenoxy) is 1. The van der Waals surface area contributed by atoms with Crippen LogP contribution in [0, 0.1) is 0 Å². The smallest absolute Gasteiger partial charge is 0.337 e. The van der Waals surface area contributed by atoms with E-state index >= 15 is 0 Å². The number of fused-ring (bicyclic) bond motifs is 2. The van der Waals surface area contributed by atoms with Gasteiger partial charge in [-0.15, -0.1) is 0 Å². The SMILES string of the molecule is COc1ccc2c(c1)ncn2-c1ccc2cccc(C(=O)O)c2n1. The summed E-state index contributed by atoms with van der Waals surface area (Å²) in [5, 5.41) is 10.1. The summed E-state index contributed by atoms with van der Waals surface area (Å²) in [7, 11) is 1.61. The second-order valence-corrected chi connectivity index (χ2v) is 5.32. The Kier molecular flexibility index (Phi) is 3.16. The maximum absolute atomic E-state index is 11.4. The van der Waals surface area contributed by atoms with Crippen molar-refractivity contribution in [1.29, 1.82) is 0 Å². The lowest BCUT2D eigenvalue weighted by Crippen LogP contribution is -2.02. The molecule has 2 heterocycles. The van der Waals surface area contributed by atoms with Crippen molar-refractivity contribution in [2.75, 3.05) is 7.11 Å². The van der Waals surface area contributed by atoms with Gasteiger partial charge in [-0.2, -0.15) is 0 Å². The van der Waals surface area contributed by atoms with Gasteiger partial charge in [-0.05, 0) is 30.3 Å². The predicted molar refractivity (Wildman–Crippen MR) is 89.9 cm³/mol. The third-order valence-corrected chi connectivity index (χ3v) is 3.94. The third kappa shape index (κ3) is 2.16. The van der Waals surface area contributed by atoms with E-state index in [4.69, 9.17) is 4.74 Å². The van der Waals surface area contributed by atoms with Crippen molar-refractivity contribution in [2.24, 2.45) is 0 Å². The summed E-state index contributed by atoms with van der Waals surface area (Å²) in [6.07, 6.45) is 1.67. The first-order chi connectivity index (χ1) is 11.7. The molecule has 0 aliphatic rings. The van der Waals surface area contributed by atoms with Crippen LogP contribution in [0.2, 0.25) is 0 Å². The highest BCUT2D eigenvalue weighted by Gasteiger charge is 2.12. The van der Waals surface area contributed by atoms with Crippen molar-refractivity contribution in [2.45, 2.75) is 0 Å². The van der Waals surface area contributed by atoms with Crippen molar-refractivity contribution < 1.29 is 14.6 Å². The molecular formula is C18H13N3O3. The van der Waals surface area contributed by atoms with E-state index in [1.165, 1.54) is 0 Å². The maximum atomic E-state index is 11.4. The van der Waals surface area contributed by atoms with Crippen LogP contribution in [0.1, 0.15) is 10.4 Å². The van der Waals surface area contributed by atoms with Gasteiger partial charge in [0.25, 0.3) is 0 Å². The van der Waals surface area contributed by atoms with Crippen LogP contribution in [0.15, 0.2) is 54.9 Å². The van der Waals surface area contributed by atoms with Crippen LogP contribution >= 0.6 is 0 Å². The van der Waals surface area contributed by atoms with E-state index in [1.807, 2.05) is 41.0 Å². The van der Waals surface area contributed by atoms with Crippen LogP contribution in [0.3, 0.4) is 0 Å². The minimum atomic E-state index is -0.995. The minimum absolute atomic E-state index is 0.181. The quantitative estimate of drug-likeness (QED) is 0.627. The number of hydrogen-bond donors (Lipinski definition) is 1. The number of nitrogens with zero attached hydrogens (tertiary/aromatic N) is 3. The average Bonchev–Trinajstić information content (AvgIpc) is 3.03. The van der Waals surface area contributed by atoms with Crippen LogP contribution in [0.4, 0.5) is 0 Å². The number of benzene rings is 2. The zero-order valence-corrected chi connectivity index (χ0v) is 12.8. The molecule has 0 unspecified atom stereocenters. The summed E-state index contributed by atoms with van der Waals surface area (Å²) in [6.45, 7) is 0. The van der Waals surface area contributed by atoms with Crippen molar-refractivity contribution in [1.82, 2.24) is 14.5 Å². The Morgan fingerprint density at radius 3 is 2.83 bits per heavy atom. The van der Waals surface area contributed by atoms with Crippen LogP contribution in [0.5, 0.6) is 5.75 Å². The van der Waals surface area contributed by atoms with Gasteiger partial charge in [0.05, 0.1) is 29.2 Å². The topological polar surface area (TPSA) is 77.2 Å². The second kappa shape index (κ2) is 5.34. The number of carbonyl (C=O) groups is 1. The van der Waals surface area contributed by atoms with E-state index in [-0.39, 0.29) is 5.56 Å². The van der Waals surface area contributed by atoms with E-state index in [0.717, 1.165) is 22.2 Å². The van der Waals surface area contributed by atoms with E-state index in [0.29, 0.717) is 11.3 Å². The first-order valence-corrected chi connectivity index (χ1v) is 7.32. The number of aromatic carboxylic acids is 1. The van der Waals surface area contributed by atoms with E-state index in [1.54, 1.807) is 25.6 Å². The van der Waals surface area contributed by atoms with Gasteiger partial charge in [0.15, 0.2) is 0 Å². The number of hydrogen-bond acceptors (Lipinski definition) is 4. The minimum Gasteiger partial charge on any atom is -0.497 e. The molecule has 4 rings (SSSR count). The standard InChI is InChI=1S/C18H13N3O3/c1-24-12-6-7-15-14(9-12)19-10-21(15)16-8-5-11-3-2-4-13(18(22)23)17(11)20-16/h2-10H,1H3,(H,22,23). The molecule has 0 aliphatic carbocycles. The Labute approximate surface area is 137 Å². The normalized spacial score (nSPS) is 11.0. The summed E-state index contributed by atoms with van der Waals surface area (Å²) < 4.78 is 7.03. The number of carboxylic acid groups (broad SMARTS) is 1. The molecule has 0 bridgehead atoms. The summed E-state index contributed by atoms with van der Waals surface area (Å²) in [4.78, 5) is 20.3. The fourth-order valence-corrected chi connectivity index (χ4v) is 2.75. The lowest BCUT2D eigenvalue weighted by Gasteiger charge is -2.07. The molecule has 6 heteroatoms. The van der Waals surface area contributed by atoms with Crippen LogP contribution < -0.4 is 4.74 Å². The molecule has 0 amide bonds. The number of methoxy groups -OCH3 is 1. The Morgan fingerprint density at radius 1 is 1.17 bits per heavy atom. The molecule has 0 saturated carbocycles. The zero-order chi connectivity index (χ0) is 16.7. The van der Waals surface area contributed by atoms with Crippen LogP contribution in [0.25, 0.3) is 27.8 Å². The van der Waals surface area contributed by atoms with Gasteiger partial charge < -0.3 is 9.84 Å². The van der Waals surface area contributed by atoms with Crippen molar-refractivity contribution in [3.05, 3.63) is 60.4 Å². The molecule has 0 fully saturated rings. The maximum Gasteiger partial charge on any atom is 0.337 e. The van der Waals surface area contributed by atoms with Gasteiger partial charge in [0.1, 0.15) is 17.9 Å². The molecule has 2 aromatic carbocycles. The third-order valence-electron chi connectivity index (χ3n) is 3.94. The fourth-order valence-electron chi connectivity index (χ4n) is 2.75. The highest BCUT2D eigenvalue weighted by molar-refractivity contribution is 6.02. The van der Waals surface area contributed by atoms with E-state index in [9.17, 15) is 9.90 Å². The molecule has 24 heavy (non-hydrogen) atoms. The van der Waals surface area contributed by atoms with Crippen molar-refractivity contribution in [3.63, 3.8) is 0 Å². The van der Waals surface area contributed by atoms with Gasteiger partial charge in [-0.1, -0.05) is 12.1 Å². The Morgan fingerprint density at radius 2 is 2.04 bits per heavy atom. The average molecular weight is 319 g/mol. The fraction of sp³-hybridized carbons (Fsp3) is 0.0556. The van der Waals surface area contributed by atoms with Gasteiger partial charge in [-0.25, -0.2) is 14.8 Å². The summed E-state index contributed by atoms with van der Waals surface area (Å²) in [5.41, 5.74) is 2.29. The lowest BCUT2D eigenvalue weighted by molar-refractivity contribution is 0.0699. The highest BCUT2D eigenvalue weighted by Crippen LogP contribution is 2.24. The van der Waals surface area contributed by atoms with Gasteiger partial charge in [0, 0.05) is 11.5 Å². The Balaban J connectivity index is 1.93. The first-order valence-electron chi connectivity index (χ1n) is 7.32. The molecule has 0 atom stereocenters. The molecule has 118 valence electrons. The van der Waals surface area contributed by atoms with E-state index in [2.05, 4.69) is 9.97 Å². The molecule has 2 aromatic heterocycles. The zero-order valence-electron chi connectivity index (χ0n) is 12.8. The number of rotatable bonds is 3. The molecule has 4 aromatic rings. The van der Waals surface area contributed by atoms with Gasteiger partial charge in [-0.3, -0.25) is 4.57 Å². The molecule has 1 N–H and O–H groups in total. The summed E-state index contributed by atoms with van der Waals surface area (Å²) >= 11 is 0. The monoisotopic (exact) mass is 319 g/mol. The highest BCUT2D eigenvalue weighted by atomic mass is 16.5. The number of imidazole rings is 1. The molecular weight excluding hydrogens is 306 g/mol. The van der Waals surface area contributed by atoms with Gasteiger partial charge >= 0.3 is 5.97 Å². The van der Waals surface area contributed by atoms with Crippen LogP contribution in [-0.4, -0.2) is 32.7 Å². The predicted octanol–water partition coefficient (Wildman–Crippen LogP) is 3.28. The van der Waals surface area contributed by atoms with Crippen molar-refractivity contribution in [3.8, 4) is 11.6 Å². The molecule has 0 spiro atoms. The molecule has 0 saturated heterocycles. The molecule has 0 radical (unpaired) electrons. The second-order valence-electron chi connectivity index (χ2n) is 5.32. The van der Waals surface area contributed by atoms with Crippen molar-refractivity contribution >= 4 is 27.9 Å². The Hall–Kier alpha value is -3.41. The first kappa shape index (κ1) is 14.2. The Bertz CT molecular complexity index is 1090. The number of aromatic nitrogens is 3. The number of pyridine rings is 1. The number of carboxylic acids is 1. The van der Waals surface area contributed by atoms with Crippen LogP contribution in [-0.2, 0) is 0 Å². The summed E-state index contributed by atoms with van der Waals surface area (Å²) in [6, 6.07) is 14.4. The van der Waals surface area contributed by atoms with E-state index < -0.39 is 5.97 Å².